The molecule has 0 aliphatic heterocycles. The van der Waals surface area contributed by atoms with Gasteiger partial charge in [-0.2, -0.15) is 9.61 Å². The maximum Gasteiger partial charge on any atom is 0.341 e. The molecule has 0 bridgehead atoms. The Hall–Kier alpha value is -4.07. The third-order valence-electron chi connectivity index (χ3n) is 6.47. The first-order valence-electron chi connectivity index (χ1n) is 10.9. The van der Waals surface area contributed by atoms with E-state index in [0.717, 1.165) is 31.9 Å². The summed E-state index contributed by atoms with van der Waals surface area (Å²) in [4.78, 5) is 20.1. The molecule has 1 atom stereocenters. The molecule has 0 fully saturated rings. The van der Waals surface area contributed by atoms with Crippen molar-refractivity contribution < 1.29 is 14.3 Å². The molecule has 0 spiro atoms. The molecule has 3 aromatic heterocycles. The normalized spacial score (nSPS) is 17.2. The number of pyridine rings is 1. The van der Waals surface area contributed by atoms with Crippen LogP contribution >= 0.6 is 0 Å². The van der Waals surface area contributed by atoms with Gasteiger partial charge in [-0.15, -0.1) is 0 Å². The molecule has 2 aliphatic rings. The van der Waals surface area contributed by atoms with Crippen LogP contribution in [0.2, 0.25) is 0 Å². The Morgan fingerprint density at radius 2 is 2.06 bits per heavy atom. The number of aromatic nitrogens is 4. The maximum absolute atomic E-state index is 13.8. The predicted molar refractivity (Wildman–Crippen MR) is 121 cm³/mol. The van der Waals surface area contributed by atoms with E-state index in [-0.39, 0.29) is 17.3 Å². The lowest BCUT2D eigenvalue weighted by atomic mass is 9.88. The Morgan fingerprint density at radius 3 is 2.91 bits per heavy atom. The SMILES string of the molecule is O=C(O)c1cnn2c(N[C@@H]3CCC4=C(C3)c3ccccc3C4)cc(-c3cncc(F)c3)nc12. The average molecular weight is 441 g/mol. The summed E-state index contributed by atoms with van der Waals surface area (Å²) in [5.41, 5.74) is 6.72. The van der Waals surface area contributed by atoms with Crippen LogP contribution in [0.25, 0.3) is 22.5 Å². The number of halogens is 1. The van der Waals surface area contributed by atoms with Crippen LogP contribution in [0.15, 0.2) is 60.6 Å². The Morgan fingerprint density at radius 1 is 1.18 bits per heavy atom. The number of carboxylic acid groups (broad SMARTS) is 1. The monoisotopic (exact) mass is 441 g/mol. The van der Waals surface area contributed by atoms with Gasteiger partial charge in [0, 0.05) is 23.9 Å². The van der Waals surface area contributed by atoms with Gasteiger partial charge in [-0.3, -0.25) is 4.98 Å². The first kappa shape index (κ1) is 19.6. The van der Waals surface area contributed by atoms with E-state index < -0.39 is 11.8 Å². The molecule has 3 heterocycles. The average Bonchev–Trinajstić information content (AvgIpc) is 3.41. The Bertz CT molecular complexity index is 1460. The van der Waals surface area contributed by atoms with E-state index in [2.05, 4.69) is 44.6 Å². The van der Waals surface area contributed by atoms with Crippen LogP contribution in [0, 0.1) is 5.82 Å². The van der Waals surface area contributed by atoms with Crippen molar-refractivity contribution in [2.75, 3.05) is 5.32 Å². The number of anilines is 1. The summed E-state index contributed by atoms with van der Waals surface area (Å²) in [6, 6.07) is 11.8. The van der Waals surface area contributed by atoms with Crippen molar-refractivity contribution in [3.63, 3.8) is 0 Å². The van der Waals surface area contributed by atoms with Gasteiger partial charge in [-0.25, -0.2) is 14.2 Å². The zero-order chi connectivity index (χ0) is 22.5. The van der Waals surface area contributed by atoms with Gasteiger partial charge in [0.2, 0.25) is 0 Å². The van der Waals surface area contributed by atoms with E-state index in [1.165, 1.54) is 45.2 Å². The molecule has 0 saturated carbocycles. The minimum absolute atomic E-state index is 0.0115. The first-order valence-corrected chi connectivity index (χ1v) is 10.9. The fourth-order valence-electron chi connectivity index (χ4n) is 4.94. The van der Waals surface area contributed by atoms with Gasteiger partial charge < -0.3 is 10.4 Å². The fraction of sp³-hybridized carbons (Fsp3) is 0.200. The highest BCUT2D eigenvalue weighted by atomic mass is 19.1. The molecule has 164 valence electrons. The molecule has 0 radical (unpaired) electrons. The number of carbonyl (C=O) groups is 1. The largest absolute Gasteiger partial charge is 0.477 e. The lowest BCUT2D eigenvalue weighted by molar-refractivity contribution is 0.0698. The second-order valence-corrected chi connectivity index (χ2v) is 8.52. The number of fused-ring (bicyclic) bond motifs is 3. The Labute approximate surface area is 188 Å². The van der Waals surface area contributed by atoms with Crippen molar-refractivity contribution in [1.29, 1.82) is 0 Å². The molecule has 7 nitrogen and oxygen atoms in total. The van der Waals surface area contributed by atoms with Gasteiger partial charge in [0.25, 0.3) is 0 Å². The molecule has 2 aliphatic carbocycles. The molecule has 0 unspecified atom stereocenters. The maximum atomic E-state index is 13.8. The summed E-state index contributed by atoms with van der Waals surface area (Å²) < 4.78 is 15.3. The van der Waals surface area contributed by atoms with E-state index in [1.54, 1.807) is 6.07 Å². The highest BCUT2D eigenvalue weighted by Gasteiger charge is 2.28. The zero-order valence-corrected chi connectivity index (χ0v) is 17.6. The predicted octanol–water partition coefficient (Wildman–Crippen LogP) is 4.60. The van der Waals surface area contributed by atoms with Crippen molar-refractivity contribution >= 4 is 23.0 Å². The number of hydrogen-bond donors (Lipinski definition) is 2. The van der Waals surface area contributed by atoms with Gasteiger partial charge >= 0.3 is 5.97 Å². The number of rotatable bonds is 4. The molecule has 4 aromatic rings. The summed E-state index contributed by atoms with van der Waals surface area (Å²) in [6.45, 7) is 0. The van der Waals surface area contributed by atoms with Crippen LogP contribution in [0.5, 0.6) is 0 Å². The molecular weight excluding hydrogens is 421 g/mol. The first-order chi connectivity index (χ1) is 16.1. The molecule has 0 saturated heterocycles. The lowest BCUT2D eigenvalue weighted by Gasteiger charge is -2.26. The molecule has 6 rings (SSSR count). The Balaban J connectivity index is 1.39. The van der Waals surface area contributed by atoms with Crippen LogP contribution in [-0.2, 0) is 6.42 Å². The lowest BCUT2D eigenvalue weighted by Crippen LogP contribution is -2.24. The summed E-state index contributed by atoms with van der Waals surface area (Å²) in [5, 5.41) is 17.4. The number of hydrogen-bond acceptors (Lipinski definition) is 5. The van der Waals surface area contributed by atoms with Crippen LogP contribution in [0.1, 0.15) is 40.7 Å². The van der Waals surface area contributed by atoms with Gasteiger partial charge in [0.05, 0.1) is 18.1 Å². The topological polar surface area (TPSA) is 92.4 Å². The van der Waals surface area contributed by atoms with Crippen LogP contribution < -0.4 is 5.32 Å². The van der Waals surface area contributed by atoms with Crippen LogP contribution in [0.4, 0.5) is 10.2 Å². The second-order valence-electron chi connectivity index (χ2n) is 8.52. The van der Waals surface area contributed by atoms with E-state index >= 15 is 0 Å². The summed E-state index contributed by atoms with van der Waals surface area (Å²) >= 11 is 0. The number of benzene rings is 1. The fourth-order valence-corrected chi connectivity index (χ4v) is 4.94. The van der Waals surface area contributed by atoms with Crippen molar-refractivity contribution in [1.82, 2.24) is 19.6 Å². The highest BCUT2D eigenvalue weighted by Crippen LogP contribution is 2.42. The van der Waals surface area contributed by atoms with Gasteiger partial charge in [0.1, 0.15) is 17.2 Å². The summed E-state index contributed by atoms with van der Waals surface area (Å²) in [5.74, 6) is -0.984. The summed E-state index contributed by atoms with van der Waals surface area (Å²) in [6.07, 6.45) is 7.79. The molecule has 1 aromatic carbocycles. The zero-order valence-electron chi connectivity index (χ0n) is 17.6. The second kappa shape index (κ2) is 7.51. The molecular formula is C25H20FN5O2. The number of nitrogens with zero attached hydrogens (tertiary/aromatic N) is 4. The van der Waals surface area contributed by atoms with Crippen molar-refractivity contribution in [3.8, 4) is 11.3 Å². The minimum atomic E-state index is -1.12. The number of nitrogens with one attached hydrogen (secondary N) is 1. The standard InChI is InChI=1S/C25H20FN5O2/c26-17-8-16(11-27-12-17)22-10-23(31-24(30-22)21(13-28-31)25(32)33)29-18-6-5-15-7-14-3-1-2-4-19(14)20(15)9-18/h1-4,8,10-13,18,29H,5-7,9H2,(H,32,33)/t18-/m1/s1. The number of allylic oxidation sites excluding steroid dienone is 1. The van der Waals surface area contributed by atoms with E-state index in [9.17, 15) is 14.3 Å². The third-order valence-corrected chi connectivity index (χ3v) is 6.47. The minimum Gasteiger partial charge on any atom is -0.477 e. The van der Waals surface area contributed by atoms with E-state index in [0.29, 0.717) is 17.1 Å². The van der Waals surface area contributed by atoms with Crippen molar-refractivity contribution in [2.45, 2.75) is 31.7 Å². The molecule has 33 heavy (non-hydrogen) atoms. The van der Waals surface area contributed by atoms with Gasteiger partial charge in [-0.05, 0) is 48.4 Å². The summed E-state index contributed by atoms with van der Waals surface area (Å²) in [7, 11) is 0. The van der Waals surface area contributed by atoms with E-state index in [4.69, 9.17) is 0 Å². The van der Waals surface area contributed by atoms with Crippen molar-refractivity contribution in [3.05, 3.63) is 83.1 Å². The highest BCUT2D eigenvalue weighted by molar-refractivity contribution is 5.94. The quantitative estimate of drug-likeness (QED) is 0.481. The smallest absolute Gasteiger partial charge is 0.341 e. The third kappa shape index (κ3) is 3.34. The van der Waals surface area contributed by atoms with Gasteiger partial charge in [0.15, 0.2) is 5.65 Å². The Kier molecular flexibility index (Phi) is 4.46. The number of aromatic carboxylic acids is 1. The van der Waals surface area contributed by atoms with Gasteiger partial charge in [-0.1, -0.05) is 29.8 Å². The molecule has 8 heteroatoms. The molecule has 2 N–H and O–H groups in total. The van der Waals surface area contributed by atoms with Crippen molar-refractivity contribution in [2.24, 2.45) is 0 Å². The molecule has 0 amide bonds. The van der Waals surface area contributed by atoms with E-state index in [1.807, 2.05) is 0 Å². The van der Waals surface area contributed by atoms with Crippen LogP contribution in [0.3, 0.4) is 0 Å². The number of carboxylic acids is 1. The van der Waals surface area contributed by atoms with Crippen LogP contribution in [-0.4, -0.2) is 36.7 Å².